The number of ether oxygens (including phenoxy) is 1. The van der Waals surface area contributed by atoms with Crippen molar-refractivity contribution in [3.63, 3.8) is 0 Å². The summed E-state index contributed by atoms with van der Waals surface area (Å²) in [6.45, 7) is 1.84. The first kappa shape index (κ1) is 14.3. The molecule has 3 unspecified atom stereocenters. The predicted molar refractivity (Wildman–Crippen MR) is 83.5 cm³/mol. The molecule has 1 aliphatic rings. The Morgan fingerprint density at radius 3 is 2.55 bits per heavy atom. The van der Waals surface area contributed by atoms with E-state index in [2.05, 4.69) is 6.07 Å². The van der Waals surface area contributed by atoms with Crippen LogP contribution in [0.25, 0.3) is 0 Å². The van der Waals surface area contributed by atoms with Crippen molar-refractivity contribution in [2.75, 3.05) is 0 Å². The number of rotatable bonds is 3. The number of nitrogens with zero attached hydrogens (tertiary/aromatic N) is 1. The number of hydrogen-bond acceptors (Lipinski definition) is 3. The van der Waals surface area contributed by atoms with E-state index in [0.29, 0.717) is 17.7 Å². The van der Waals surface area contributed by atoms with Gasteiger partial charge in [-0.05, 0) is 31.0 Å². The van der Waals surface area contributed by atoms with Gasteiger partial charge in [0, 0.05) is 5.92 Å². The molecule has 0 saturated carbocycles. The van der Waals surface area contributed by atoms with E-state index >= 15 is 0 Å². The number of ketones is 1. The van der Waals surface area contributed by atoms with Crippen molar-refractivity contribution in [1.82, 2.24) is 0 Å². The van der Waals surface area contributed by atoms with Gasteiger partial charge in [-0.1, -0.05) is 42.5 Å². The number of benzene rings is 2. The summed E-state index contributed by atoms with van der Waals surface area (Å²) < 4.78 is 6.12. The Labute approximate surface area is 130 Å². The van der Waals surface area contributed by atoms with Gasteiger partial charge in [-0.2, -0.15) is 5.26 Å². The van der Waals surface area contributed by atoms with E-state index in [9.17, 15) is 4.79 Å². The molecular formula is C19H17NO2. The van der Waals surface area contributed by atoms with E-state index in [-0.39, 0.29) is 23.7 Å². The highest BCUT2D eigenvalue weighted by atomic mass is 16.5. The highest BCUT2D eigenvalue weighted by Crippen LogP contribution is 2.41. The van der Waals surface area contributed by atoms with Crippen LogP contribution in [0.5, 0.6) is 5.75 Å². The molecule has 0 saturated heterocycles. The maximum Gasteiger partial charge on any atom is 0.173 e. The molecule has 0 aliphatic carbocycles. The number of fused-ring (bicyclic) bond motifs is 1. The molecule has 110 valence electrons. The normalized spacial score (nSPS) is 21.4. The summed E-state index contributed by atoms with van der Waals surface area (Å²) in [6.07, 6.45) is 0.169. The van der Waals surface area contributed by atoms with E-state index in [4.69, 9.17) is 10.00 Å². The van der Waals surface area contributed by atoms with Gasteiger partial charge < -0.3 is 4.74 Å². The standard InChI is InChI=1S/C19H17NO2/c1-13(12-20)11-16-18(21)15-9-5-6-10-17(15)22-19(16)14-7-3-2-4-8-14/h2-10,13,16,19H,11H2,1H3. The Kier molecular flexibility index (Phi) is 3.93. The molecule has 3 atom stereocenters. The fraction of sp³-hybridized carbons (Fsp3) is 0.263. The van der Waals surface area contributed by atoms with Crippen LogP contribution in [0.2, 0.25) is 0 Å². The quantitative estimate of drug-likeness (QED) is 0.852. The summed E-state index contributed by atoms with van der Waals surface area (Å²) in [4.78, 5) is 12.9. The van der Waals surface area contributed by atoms with E-state index in [0.717, 1.165) is 5.56 Å². The van der Waals surface area contributed by atoms with Crippen LogP contribution in [0.4, 0.5) is 0 Å². The lowest BCUT2D eigenvalue weighted by Crippen LogP contribution is -2.32. The predicted octanol–water partition coefficient (Wildman–Crippen LogP) is 4.17. The number of Topliss-reactive ketones (excluding diaryl/α,β-unsaturated/α-hetero) is 1. The molecule has 3 nitrogen and oxygen atoms in total. The molecule has 0 N–H and O–H groups in total. The molecule has 1 heterocycles. The van der Waals surface area contributed by atoms with Crippen molar-refractivity contribution in [2.24, 2.45) is 11.8 Å². The van der Waals surface area contributed by atoms with Crippen LogP contribution < -0.4 is 4.74 Å². The smallest absolute Gasteiger partial charge is 0.173 e. The second kappa shape index (κ2) is 6.03. The highest BCUT2D eigenvalue weighted by molar-refractivity contribution is 6.01. The second-order valence-electron chi connectivity index (χ2n) is 5.68. The average Bonchev–Trinajstić information content (AvgIpc) is 2.58. The van der Waals surface area contributed by atoms with Crippen LogP contribution in [0, 0.1) is 23.2 Å². The van der Waals surface area contributed by atoms with Crippen molar-refractivity contribution in [3.05, 3.63) is 65.7 Å². The van der Waals surface area contributed by atoms with Crippen LogP contribution in [0.1, 0.15) is 35.4 Å². The Morgan fingerprint density at radius 2 is 1.82 bits per heavy atom. The van der Waals surface area contributed by atoms with Crippen LogP contribution in [0.3, 0.4) is 0 Å². The third-order valence-electron chi connectivity index (χ3n) is 4.06. The zero-order chi connectivity index (χ0) is 15.5. The molecule has 0 bridgehead atoms. The van der Waals surface area contributed by atoms with Crippen LogP contribution in [0.15, 0.2) is 54.6 Å². The van der Waals surface area contributed by atoms with Gasteiger partial charge in [0.15, 0.2) is 5.78 Å². The van der Waals surface area contributed by atoms with Gasteiger partial charge in [0.1, 0.15) is 11.9 Å². The maximum absolute atomic E-state index is 12.9. The minimum absolute atomic E-state index is 0.0674. The molecule has 3 rings (SSSR count). The van der Waals surface area contributed by atoms with E-state index in [1.54, 1.807) is 6.07 Å². The number of hydrogen-bond donors (Lipinski definition) is 0. The maximum atomic E-state index is 12.9. The molecule has 3 heteroatoms. The first-order valence-electron chi connectivity index (χ1n) is 7.45. The molecule has 0 spiro atoms. The minimum atomic E-state index is -0.334. The van der Waals surface area contributed by atoms with Gasteiger partial charge in [0.2, 0.25) is 0 Å². The van der Waals surface area contributed by atoms with E-state index in [1.165, 1.54) is 0 Å². The monoisotopic (exact) mass is 291 g/mol. The van der Waals surface area contributed by atoms with E-state index in [1.807, 2.05) is 55.5 Å². The molecule has 0 amide bonds. The summed E-state index contributed by atoms with van der Waals surface area (Å²) in [6, 6.07) is 19.3. The van der Waals surface area contributed by atoms with Crippen LogP contribution >= 0.6 is 0 Å². The molecule has 22 heavy (non-hydrogen) atoms. The lowest BCUT2D eigenvalue weighted by atomic mass is 9.80. The Balaban J connectivity index is 2.02. The summed E-state index contributed by atoms with van der Waals surface area (Å²) >= 11 is 0. The fourth-order valence-electron chi connectivity index (χ4n) is 2.94. The number of nitriles is 1. The summed E-state index contributed by atoms with van der Waals surface area (Å²) in [5.41, 5.74) is 1.59. The first-order chi connectivity index (χ1) is 10.7. The van der Waals surface area contributed by atoms with Crippen molar-refractivity contribution >= 4 is 5.78 Å². The SMILES string of the molecule is CC(C#N)CC1C(=O)c2ccccc2OC1c1ccccc1. The number of carbonyl (C=O) groups excluding carboxylic acids is 1. The molecule has 2 aromatic rings. The van der Waals surface area contributed by atoms with Crippen molar-refractivity contribution < 1.29 is 9.53 Å². The van der Waals surface area contributed by atoms with Crippen molar-refractivity contribution in [1.29, 1.82) is 5.26 Å². The lowest BCUT2D eigenvalue weighted by Gasteiger charge is -2.33. The van der Waals surface area contributed by atoms with Gasteiger partial charge in [0.25, 0.3) is 0 Å². The lowest BCUT2D eigenvalue weighted by molar-refractivity contribution is 0.0618. The Hall–Kier alpha value is -2.60. The molecule has 0 fully saturated rings. The second-order valence-corrected chi connectivity index (χ2v) is 5.68. The average molecular weight is 291 g/mol. The highest BCUT2D eigenvalue weighted by Gasteiger charge is 2.38. The molecular weight excluding hydrogens is 274 g/mol. The van der Waals surface area contributed by atoms with Crippen LogP contribution in [-0.2, 0) is 0 Å². The first-order valence-corrected chi connectivity index (χ1v) is 7.45. The third kappa shape index (κ3) is 2.60. The molecule has 0 radical (unpaired) electrons. The Bertz CT molecular complexity index is 718. The summed E-state index contributed by atoms with van der Waals surface area (Å²) in [5.74, 6) is 0.181. The van der Waals surface area contributed by atoms with Gasteiger partial charge in [-0.3, -0.25) is 4.79 Å². The van der Waals surface area contributed by atoms with Crippen molar-refractivity contribution in [3.8, 4) is 11.8 Å². The van der Waals surface area contributed by atoms with Crippen LogP contribution in [-0.4, -0.2) is 5.78 Å². The van der Waals surface area contributed by atoms with E-state index < -0.39 is 0 Å². The zero-order valence-electron chi connectivity index (χ0n) is 12.4. The van der Waals surface area contributed by atoms with Gasteiger partial charge >= 0.3 is 0 Å². The molecule has 1 aliphatic heterocycles. The molecule has 2 aromatic carbocycles. The largest absolute Gasteiger partial charge is 0.484 e. The summed E-state index contributed by atoms with van der Waals surface area (Å²) in [7, 11) is 0. The van der Waals surface area contributed by atoms with Gasteiger partial charge in [-0.25, -0.2) is 0 Å². The molecule has 0 aromatic heterocycles. The minimum Gasteiger partial charge on any atom is -0.484 e. The van der Waals surface area contributed by atoms with Gasteiger partial charge in [-0.15, -0.1) is 0 Å². The topological polar surface area (TPSA) is 50.1 Å². The summed E-state index contributed by atoms with van der Waals surface area (Å²) in [5, 5.41) is 9.10. The zero-order valence-corrected chi connectivity index (χ0v) is 12.4. The third-order valence-corrected chi connectivity index (χ3v) is 4.06. The van der Waals surface area contributed by atoms with Gasteiger partial charge in [0.05, 0.1) is 17.6 Å². The Morgan fingerprint density at radius 1 is 1.14 bits per heavy atom. The fourth-order valence-corrected chi connectivity index (χ4v) is 2.94. The number of carbonyl (C=O) groups is 1. The van der Waals surface area contributed by atoms with Crippen molar-refractivity contribution in [2.45, 2.75) is 19.4 Å². The number of para-hydroxylation sites is 1.